The van der Waals surface area contributed by atoms with Crippen LogP contribution in [-0.4, -0.2) is 4.98 Å². The fourth-order valence-corrected chi connectivity index (χ4v) is 2.53. The van der Waals surface area contributed by atoms with E-state index in [9.17, 15) is 0 Å². The molecule has 2 nitrogen and oxygen atoms in total. The summed E-state index contributed by atoms with van der Waals surface area (Å²) < 4.78 is 0.997. The van der Waals surface area contributed by atoms with Crippen LogP contribution in [0.3, 0.4) is 0 Å². The summed E-state index contributed by atoms with van der Waals surface area (Å²) in [6, 6.07) is 14.4. The van der Waals surface area contributed by atoms with Crippen molar-refractivity contribution < 1.29 is 0 Å². The molecule has 2 rings (SSSR count). The topological polar surface area (TPSA) is 38.9 Å². The van der Waals surface area contributed by atoms with Crippen LogP contribution in [0.2, 0.25) is 0 Å². The lowest BCUT2D eigenvalue weighted by atomic mass is 10.0. The number of benzene rings is 1. The van der Waals surface area contributed by atoms with Gasteiger partial charge >= 0.3 is 0 Å². The molecule has 0 aliphatic heterocycles. The summed E-state index contributed by atoms with van der Waals surface area (Å²) >= 11 is 3.49. The van der Waals surface area contributed by atoms with Crippen molar-refractivity contribution >= 4 is 15.9 Å². The number of hydrogen-bond donors (Lipinski definition) is 1. The fraction of sp³-hybridized carbons (Fsp3) is 0.267. The highest BCUT2D eigenvalue weighted by Gasteiger charge is 2.10. The van der Waals surface area contributed by atoms with E-state index >= 15 is 0 Å². The molecule has 1 unspecified atom stereocenters. The molecular formula is C15H17BrN2. The van der Waals surface area contributed by atoms with Gasteiger partial charge in [-0.15, -0.1) is 0 Å². The second kappa shape index (κ2) is 6.66. The smallest absolute Gasteiger partial charge is 0.0712 e. The Labute approximate surface area is 116 Å². The van der Waals surface area contributed by atoms with Crippen molar-refractivity contribution in [1.82, 2.24) is 4.98 Å². The minimum absolute atomic E-state index is 0.00397. The van der Waals surface area contributed by atoms with E-state index in [1.807, 2.05) is 18.2 Å². The van der Waals surface area contributed by atoms with Crippen molar-refractivity contribution in [2.45, 2.75) is 25.3 Å². The molecule has 0 aliphatic rings. The van der Waals surface area contributed by atoms with E-state index in [2.05, 4.69) is 45.2 Å². The van der Waals surface area contributed by atoms with Crippen LogP contribution in [0.4, 0.5) is 0 Å². The first kappa shape index (κ1) is 13.2. The molecule has 3 heteroatoms. The van der Waals surface area contributed by atoms with E-state index in [-0.39, 0.29) is 6.04 Å². The van der Waals surface area contributed by atoms with Crippen molar-refractivity contribution in [2.75, 3.05) is 0 Å². The van der Waals surface area contributed by atoms with Gasteiger partial charge in [0.25, 0.3) is 0 Å². The molecule has 2 N–H and O–H groups in total. The second-order valence-corrected chi connectivity index (χ2v) is 5.21. The standard InChI is InChI=1S/C15H17BrN2/c16-13-9-5-11-18-15(13)14(17)10-4-8-12-6-2-1-3-7-12/h1-3,5-7,9,11,14H,4,8,10,17H2. The van der Waals surface area contributed by atoms with Crippen LogP contribution in [-0.2, 0) is 6.42 Å². The lowest BCUT2D eigenvalue weighted by molar-refractivity contribution is 0.595. The predicted molar refractivity (Wildman–Crippen MR) is 78.2 cm³/mol. The van der Waals surface area contributed by atoms with Crippen LogP contribution in [0.5, 0.6) is 0 Å². The van der Waals surface area contributed by atoms with E-state index in [0.717, 1.165) is 29.4 Å². The lowest BCUT2D eigenvalue weighted by Crippen LogP contribution is -2.12. The summed E-state index contributed by atoms with van der Waals surface area (Å²) in [5.41, 5.74) is 8.48. The van der Waals surface area contributed by atoms with Crippen LogP contribution in [0.1, 0.15) is 30.1 Å². The third-order valence-electron chi connectivity index (χ3n) is 2.96. The van der Waals surface area contributed by atoms with Crippen LogP contribution < -0.4 is 5.73 Å². The maximum Gasteiger partial charge on any atom is 0.0712 e. The van der Waals surface area contributed by atoms with Gasteiger partial charge in [-0.2, -0.15) is 0 Å². The first-order valence-corrected chi connectivity index (χ1v) is 6.96. The summed E-state index contributed by atoms with van der Waals surface area (Å²) in [6.45, 7) is 0. The van der Waals surface area contributed by atoms with Gasteiger partial charge in [-0.1, -0.05) is 30.3 Å². The Hall–Kier alpha value is -1.19. The zero-order valence-electron chi connectivity index (χ0n) is 10.2. The Morgan fingerprint density at radius 2 is 1.89 bits per heavy atom. The highest BCUT2D eigenvalue weighted by molar-refractivity contribution is 9.10. The molecule has 18 heavy (non-hydrogen) atoms. The molecule has 1 aromatic heterocycles. The number of aryl methyl sites for hydroxylation is 1. The Bertz CT molecular complexity index is 485. The lowest BCUT2D eigenvalue weighted by Gasteiger charge is -2.12. The molecule has 94 valence electrons. The molecule has 0 fully saturated rings. The van der Waals surface area contributed by atoms with Crippen LogP contribution >= 0.6 is 15.9 Å². The van der Waals surface area contributed by atoms with Gasteiger partial charge in [-0.3, -0.25) is 4.98 Å². The van der Waals surface area contributed by atoms with Crippen molar-refractivity contribution in [3.05, 3.63) is 64.4 Å². The third kappa shape index (κ3) is 3.65. The Balaban J connectivity index is 1.86. The average molecular weight is 305 g/mol. The van der Waals surface area contributed by atoms with E-state index < -0.39 is 0 Å². The number of halogens is 1. The largest absolute Gasteiger partial charge is 0.323 e. The van der Waals surface area contributed by atoms with Gasteiger partial charge in [0.1, 0.15) is 0 Å². The van der Waals surface area contributed by atoms with Gasteiger partial charge in [-0.25, -0.2) is 0 Å². The van der Waals surface area contributed by atoms with Crippen LogP contribution in [0, 0.1) is 0 Å². The predicted octanol–water partition coefficient (Wildman–Crippen LogP) is 3.87. The molecule has 1 atom stereocenters. The normalized spacial score (nSPS) is 12.3. The molecule has 0 amide bonds. The molecule has 2 aromatic rings. The number of rotatable bonds is 5. The summed E-state index contributed by atoms with van der Waals surface area (Å²) in [5, 5.41) is 0. The minimum Gasteiger partial charge on any atom is -0.323 e. The van der Waals surface area contributed by atoms with Gasteiger partial charge in [0, 0.05) is 16.7 Å². The maximum atomic E-state index is 6.17. The molecular weight excluding hydrogens is 288 g/mol. The second-order valence-electron chi connectivity index (χ2n) is 4.35. The van der Waals surface area contributed by atoms with Crippen molar-refractivity contribution in [1.29, 1.82) is 0 Å². The summed E-state index contributed by atoms with van der Waals surface area (Å²) in [6.07, 6.45) is 4.88. The molecule has 0 bridgehead atoms. The molecule has 0 spiro atoms. The monoisotopic (exact) mass is 304 g/mol. The Kier molecular flexibility index (Phi) is 4.90. The molecule has 0 radical (unpaired) electrons. The molecule has 1 aromatic carbocycles. The first-order valence-electron chi connectivity index (χ1n) is 6.17. The molecule has 1 heterocycles. The van der Waals surface area contributed by atoms with E-state index in [4.69, 9.17) is 5.73 Å². The van der Waals surface area contributed by atoms with E-state index in [1.54, 1.807) is 6.20 Å². The van der Waals surface area contributed by atoms with Gasteiger partial charge < -0.3 is 5.73 Å². The Morgan fingerprint density at radius 1 is 1.11 bits per heavy atom. The highest BCUT2D eigenvalue weighted by Crippen LogP contribution is 2.22. The zero-order valence-corrected chi connectivity index (χ0v) is 11.8. The van der Waals surface area contributed by atoms with Crippen LogP contribution in [0.25, 0.3) is 0 Å². The number of nitrogens with zero attached hydrogens (tertiary/aromatic N) is 1. The summed E-state index contributed by atoms with van der Waals surface area (Å²) in [7, 11) is 0. The third-order valence-corrected chi connectivity index (χ3v) is 3.63. The zero-order chi connectivity index (χ0) is 12.8. The van der Waals surface area contributed by atoms with Gasteiger partial charge in [0.2, 0.25) is 0 Å². The molecule has 0 saturated heterocycles. The van der Waals surface area contributed by atoms with Gasteiger partial charge in [-0.05, 0) is 52.9 Å². The fourth-order valence-electron chi connectivity index (χ4n) is 1.98. The number of nitrogens with two attached hydrogens (primary N) is 1. The van der Waals surface area contributed by atoms with Crippen LogP contribution in [0.15, 0.2) is 53.1 Å². The number of hydrogen-bond acceptors (Lipinski definition) is 2. The van der Waals surface area contributed by atoms with Gasteiger partial charge in [0.15, 0.2) is 0 Å². The van der Waals surface area contributed by atoms with E-state index in [1.165, 1.54) is 5.56 Å². The van der Waals surface area contributed by atoms with E-state index in [0.29, 0.717) is 0 Å². The quantitative estimate of drug-likeness (QED) is 0.911. The number of pyridine rings is 1. The van der Waals surface area contributed by atoms with Crippen molar-refractivity contribution in [3.63, 3.8) is 0 Å². The SMILES string of the molecule is NC(CCCc1ccccc1)c1ncccc1Br. The molecule has 0 aliphatic carbocycles. The minimum atomic E-state index is 0.00397. The van der Waals surface area contributed by atoms with Crippen molar-refractivity contribution in [3.8, 4) is 0 Å². The molecule has 0 saturated carbocycles. The number of aromatic nitrogens is 1. The summed E-state index contributed by atoms with van der Waals surface area (Å²) in [5.74, 6) is 0. The van der Waals surface area contributed by atoms with Gasteiger partial charge in [0.05, 0.1) is 5.69 Å². The maximum absolute atomic E-state index is 6.17. The van der Waals surface area contributed by atoms with Crippen molar-refractivity contribution in [2.24, 2.45) is 5.73 Å². The Morgan fingerprint density at radius 3 is 2.61 bits per heavy atom. The first-order chi connectivity index (χ1) is 8.77. The average Bonchev–Trinajstić information content (AvgIpc) is 2.40. The highest BCUT2D eigenvalue weighted by atomic mass is 79.9. The summed E-state index contributed by atoms with van der Waals surface area (Å²) in [4.78, 5) is 4.33.